The number of benzene rings is 2. The summed E-state index contributed by atoms with van der Waals surface area (Å²) >= 11 is 1.31. The molecule has 4 aromatic rings. The van der Waals surface area contributed by atoms with E-state index in [-0.39, 0.29) is 22.0 Å². The molecule has 0 saturated carbocycles. The molecule has 2 heterocycles. The number of H-pyrrole nitrogens is 1. The van der Waals surface area contributed by atoms with Crippen molar-refractivity contribution < 1.29 is 13.2 Å². The van der Waals surface area contributed by atoms with E-state index in [0.29, 0.717) is 28.9 Å². The number of nitrogens with one attached hydrogen (secondary N) is 2. The fourth-order valence-electron chi connectivity index (χ4n) is 3.74. The molecule has 34 heavy (non-hydrogen) atoms. The number of nitrogens with zero attached hydrogens (tertiary/aromatic N) is 2. The number of anilines is 1. The molecular weight excluding hydrogens is 472 g/mol. The number of sulfonamides is 1. The number of hydrogen-bond acceptors (Lipinski definition) is 6. The summed E-state index contributed by atoms with van der Waals surface area (Å²) in [6.45, 7) is 5.86. The van der Waals surface area contributed by atoms with Gasteiger partial charge in [-0.25, -0.2) is 13.4 Å². The Morgan fingerprint density at radius 3 is 2.50 bits per heavy atom. The fraction of sp³-hybridized carbons (Fsp3) is 0.208. The number of carbonyl (C=O) groups excluding carboxylic acids is 1. The first-order valence-corrected chi connectivity index (χ1v) is 13.1. The van der Waals surface area contributed by atoms with E-state index in [1.165, 1.54) is 21.7 Å². The zero-order chi connectivity index (χ0) is 24.5. The molecule has 1 amide bonds. The predicted molar refractivity (Wildman–Crippen MR) is 135 cm³/mol. The number of thiophene rings is 1. The highest BCUT2D eigenvalue weighted by molar-refractivity contribution is 7.89. The van der Waals surface area contributed by atoms with Crippen molar-refractivity contribution in [2.75, 3.05) is 18.4 Å². The van der Waals surface area contributed by atoms with E-state index in [2.05, 4.69) is 15.3 Å². The lowest BCUT2D eigenvalue weighted by Gasteiger charge is -2.20. The van der Waals surface area contributed by atoms with E-state index in [1.54, 1.807) is 32.9 Å². The van der Waals surface area contributed by atoms with Gasteiger partial charge in [-0.2, -0.15) is 4.31 Å². The summed E-state index contributed by atoms with van der Waals surface area (Å²) in [5.41, 5.74) is 2.00. The number of hydrogen-bond donors (Lipinski definition) is 2. The first kappa shape index (κ1) is 23.8. The predicted octanol–water partition coefficient (Wildman–Crippen LogP) is 4.24. The van der Waals surface area contributed by atoms with Crippen LogP contribution >= 0.6 is 11.3 Å². The lowest BCUT2D eigenvalue weighted by atomic mass is 10.1. The standard InChI is InChI=1S/C24H24N4O4S2/c1-4-28(5-2)34(31,32)19-13-17(12-11-15(19)3)21(29)25-24-26-22(30)20-18(14-33-23(20)27-24)16-9-7-6-8-10-16/h6-14H,4-5H2,1-3H3,(H2,25,26,27,29,30). The lowest BCUT2D eigenvalue weighted by molar-refractivity contribution is 0.102. The Labute approximate surface area is 201 Å². The van der Waals surface area contributed by atoms with Gasteiger partial charge in [-0.3, -0.25) is 19.9 Å². The molecule has 0 aliphatic heterocycles. The van der Waals surface area contributed by atoms with Gasteiger partial charge < -0.3 is 0 Å². The van der Waals surface area contributed by atoms with Gasteiger partial charge in [0.2, 0.25) is 16.0 Å². The van der Waals surface area contributed by atoms with E-state index in [1.807, 2.05) is 35.7 Å². The molecule has 0 aliphatic carbocycles. The van der Waals surface area contributed by atoms with Crippen LogP contribution in [0.2, 0.25) is 0 Å². The first-order chi connectivity index (χ1) is 16.3. The summed E-state index contributed by atoms with van der Waals surface area (Å²) in [6, 6.07) is 14.0. The topological polar surface area (TPSA) is 112 Å². The van der Waals surface area contributed by atoms with Gasteiger partial charge in [-0.1, -0.05) is 50.2 Å². The Bertz CT molecular complexity index is 1520. The van der Waals surface area contributed by atoms with Crippen LogP contribution in [0.5, 0.6) is 0 Å². The summed E-state index contributed by atoms with van der Waals surface area (Å²) < 4.78 is 27.3. The molecule has 0 radical (unpaired) electrons. The van der Waals surface area contributed by atoms with Crippen LogP contribution in [0.3, 0.4) is 0 Å². The Balaban J connectivity index is 1.66. The summed E-state index contributed by atoms with van der Waals surface area (Å²) in [7, 11) is -3.74. The zero-order valence-electron chi connectivity index (χ0n) is 19.0. The third-order valence-electron chi connectivity index (χ3n) is 5.53. The molecule has 2 aromatic heterocycles. The van der Waals surface area contributed by atoms with Crippen LogP contribution in [0.4, 0.5) is 5.95 Å². The van der Waals surface area contributed by atoms with Crippen LogP contribution in [0, 0.1) is 6.92 Å². The van der Waals surface area contributed by atoms with Gasteiger partial charge in [0.25, 0.3) is 11.5 Å². The van der Waals surface area contributed by atoms with Crippen LogP contribution < -0.4 is 10.9 Å². The van der Waals surface area contributed by atoms with E-state index >= 15 is 0 Å². The third-order valence-corrected chi connectivity index (χ3v) is 8.60. The van der Waals surface area contributed by atoms with Crippen LogP contribution in [-0.4, -0.2) is 41.7 Å². The molecule has 8 nitrogen and oxygen atoms in total. The summed E-state index contributed by atoms with van der Waals surface area (Å²) in [5.74, 6) is -0.573. The van der Waals surface area contributed by atoms with Crippen molar-refractivity contribution in [1.82, 2.24) is 14.3 Å². The second kappa shape index (κ2) is 9.49. The van der Waals surface area contributed by atoms with E-state index in [4.69, 9.17) is 0 Å². The Hall–Kier alpha value is -3.34. The van der Waals surface area contributed by atoms with Crippen LogP contribution in [0.15, 0.2) is 63.6 Å². The molecule has 2 aromatic carbocycles. The minimum atomic E-state index is -3.74. The van der Waals surface area contributed by atoms with Crippen LogP contribution in [-0.2, 0) is 10.0 Å². The van der Waals surface area contributed by atoms with Gasteiger partial charge in [-0.05, 0) is 30.2 Å². The highest BCUT2D eigenvalue weighted by Gasteiger charge is 2.25. The number of rotatable bonds is 7. The number of carbonyl (C=O) groups is 1. The number of aromatic nitrogens is 2. The van der Waals surface area contributed by atoms with Crippen molar-refractivity contribution in [3.8, 4) is 11.1 Å². The highest BCUT2D eigenvalue weighted by atomic mass is 32.2. The SMILES string of the molecule is CCN(CC)S(=O)(=O)c1cc(C(=O)Nc2nc3scc(-c4ccccc4)c3c(=O)[nH]2)ccc1C. The van der Waals surface area contributed by atoms with Crippen LogP contribution in [0.25, 0.3) is 21.3 Å². The second-order valence-corrected chi connectivity index (χ2v) is 10.4. The molecule has 4 rings (SSSR count). The van der Waals surface area contributed by atoms with Gasteiger partial charge in [0.05, 0.1) is 10.3 Å². The van der Waals surface area contributed by atoms with Crippen molar-refractivity contribution in [1.29, 1.82) is 0 Å². The van der Waals surface area contributed by atoms with Gasteiger partial charge >= 0.3 is 0 Å². The minimum Gasteiger partial charge on any atom is -0.292 e. The molecule has 176 valence electrons. The maximum atomic E-state index is 13.0. The number of aromatic amines is 1. The Kier molecular flexibility index (Phi) is 6.65. The average molecular weight is 497 g/mol. The monoisotopic (exact) mass is 496 g/mol. The largest absolute Gasteiger partial charge is 0.292 e. The lowest BCUT2D eigenvalue weighted by Crippen LogP contribution is -2.31. The van der Waals surface area contributed by atoms with Crippen molar-refractivity contribution in [3.05, 3.63) is 75.4 Å². The minimum absolute atomic E-state index is 0.00214. The maximum Gasteiger partial charge on any atom is 0.261 e. The quantitative estimate of drug-likeness (QED) is 0.397. The second-order valence-electron chi connectivity index (χ2n) is 7.63. The smallest absolute Gasteiger partial charge is 0.261 e. The van der Waals surface area contributed by atoms with Crippen LogP contribution in [0.1, 0.15) is 29.8 Å². The summed E-state index contributed by atoms with van der Waals surface area (Å²) in [5, 5.41) is 4.90. The average Bonchev–Trinajstić information content (AvgIpc) is 3.25. The summed E-state index contributed by atoms with van der Waals surface area (Å²) in [4.78, 5) is 33.3. The van der Waals surface area contributed by atoms with Gasteiger partial charge in [-0.15, -0.1) is 11.3 Å². The molecule has 0 aliphatic rings. The van der Waals surface area contributed by atoms with Crippen molar-refractivity contribution >= 4 is 43.4 Å². The Morgan fingerprint density at radius 2 is 1.82 bits per heavy atom. The van der Waals surface area contributed by atoms with Crippen molar-refractivity contribution in [2.24, 2.45) is 0 Å². The highest BCUT2D eigenvalue weighted by Crippen LogP contribution is 2.31. The first-order valence-electron chi connectivity index (χ1n) is 10.7. The van der Waals surface area contributed by atoms with E-state index < -0.39 is 15.9 Å². The normalized spacial score (nSPS) is 11.8. The molecular formula is C24H24N4O4S2. The number of fused-ring (bicyclic) bond motifs is 1. The number of amides is 1. The van der Waals surface area contributed by atoms with Gasteiger partial charge in [0.15, 0.2) is 0 Å². The fourth-order valence-corrected chi connectivity index (χ4v) is 6.40. The third kappa shape index (κ3) is 4.39. The molecule has 0 fully saturated rings. The molecule has 2 N–H and O–H groups in total. The van der Waals surface area contributed by atoms with E-state index in [9.17, 15) is 18.0 Å². The van der Waals surface area contributed by atoms with Gasteiger partial charge in [0, 0.05) is 29.6 Å². The molecule has 0 atom stereocenters. The molecule has 0 spiro atoms. The molecule has 0 saturated heterocycles. The van der Waals surface area contributed by atoms with E-state index in [0.717, 1.165) is 11.1 Å². The van der Waals surface area contributed by atoms with Crippen molar-refractivity contribution in [2.45, 2.75) is 25.7 Å². The number of aryl methyl sites for hydroxylation is 1. The van der Waals surface area contributed by atoms with Crippen molar-refractivity contribution in [3.63, 3.8) is 0 Å². The molecule has 10 heteroatoms. The molecule has 0 unspecified atom stereocenters. The zero-order valence-corrected chi connectivity index (χ0v) is 20.6. The maximum absolute atomic E-state index is 13.0. The van der Waals surface area contributed by atoms with Gasteiger partial charge in [0.1, 0.15) is 4.83 Å². The Morgan fingerprint density at radius 1 is 1.12 bits per heavy atom. The summed E-state index contributed by atoms with van der Waals surface area (Å²) in [6.07, 6.45) is 0. The molecule has 0 bridgehead atoms.